The summed E-state index contributed by atoms with van der Waals surface area (Å²) >= 11 is 0. The van der Waals surface area contributed by atoms with Crippen LogP contribution in [0.15, 0.2) is 0 Å². The van der Waals surface area contributed by atoms with Crippen LogP contribution in [0.5, 0.6) is 0 Å². The van der Waals surface area contributed by atoms with E-state index in [0.29, 0.717) is 59.2 Å². The zero-order chi connectivity index (χ0) is 15.6. The van der Waals surface area contributed by atoms with E-state index in [0.717, 1.165) is 19.3 Å². The average Bonchev–Trinajstić information content (AvgIpc) is 2.48. The molecule has 0 aliphatic heterocycles. The zero-order valence-electron chi connectivity index (χ0n) is 13.5. The summed E-state index contributed by atoms with van der Waals surface area (Å²) < 4.78 is 20.8. The van der Waals surface area contributed by atoms with Crippen LogP contribution in [0.3, 0.4) is 0 Å². The van der Waals surface area contributed by atoms with Gasteiger partial charge in [0, 0.05) is 20.1 Å². The molecule has 126 valence electrons. The molecule has 0 aliphatic rings. The summed E-state index contributed by atoms with van der Waals surface area (Å²) in [5.74, 6) is 0.108. The fraction of sp³-hybridized carbons (Fsp3) is 0.933. The van der Waals surface area contributed by atoms with E-state index >= 15 is 0 Å². The van der Waals surface area contributed by atoms with Crippen LogP contribution in [-0.2, 0) is 23.7 Å². The summed E-state index contributed by atoms with van der Waals surface area (Å²) in [6, 6.07) is 0. The molecule has 0 fully saturated rings. The third-order valence-corrected chi connectivity index (χ3v) is 2.75. The molecular formula is C15H31NO5. The Labute approximate surface area is 128 Å². The first kappa shape index (κ1) is 20.3. The van der Waals surface area contributed by atoms with E-state index in [4.69, 9.17) is 18.9 Å². The lowest BCUT2D eigenvalue weighted by atomic mass is 10.2. The quantitative estimate of drug-likeness (QED) is 0.436. The van der Waals surface area contributed by atoms with Crippen molar-refractivity contribution in [3.63, 3.8) is 0 Å². The van der Waals surface area contributed by atoms with Gasteiger partial charge in [-0.1, -0.05) is 19.8 Å². The van der Waals surface area contributed by atoms with Gasteiger partial charge in [0.2, 0.25) is 5.91 Å². The topological polar surface area (TPSA) is 66.0 Å². The molecule has 0 spiro atoms. The molecule has 0 bridgehead atoms. The van der Waals surface area contributed by atoms with Gasteiger partial charge in [0.1, 0.15) is 0 Å². The standard InChI is InChI=1S/C15H31NO5/c1-3-4-5-6-15(17)16-7-8-19-11-12-21-14-13-20-10-9-18-2/h3-14H2,1-2H3,(H,16,17). The fourth-order valence-electron chi connectivity index (χ4n) is 1.57. The molecule has 0 saturated carbocycles. The molecule has 6 nitrogen and oxygen atoms in total. The highest BCUT2D eigenvalue weighted by molar-refractivity contribution is 5.75. The second kappa shape index (κ2) is 17.4. The average molecular weight is 305 g/mol. The van der Waals surface area contributed by atoms with Crippen molar-refractivity contribution in [2.75, 3.05) is 59.9 Å². The van der Waals surface area contributed by atoms with Crippen molar-refractivity contribution in [2.24, 2.45) is 0 Å². The lowest BCUT2D eigenvalue weighted by Crippen LogP contribution is -2.27. The highest BCUT2D eigenvalue weighted by Crippen LogP contribution is 1.97. The second-order valence-corrected chi connectivity index (χ2v) is 4.64. The van der Waals surface area contributed by atoms with Crippen molar-refractivity contribution in [3.8, 4) is 0 Å². The summed E-state index contributed by atoms with van der Waals surface area (Å²) in [6.45, 7) is 6.60. The maximum Gasteiger partial charge on any atom is 0.220 e. The number of ether oxygens (including phenoxy) is 4. The Morgan fingerprint density at radius 2 is 1.43 bits per heavy atom. The van der Waals surface area contributed by atoms with Gasteiger partial charge in [-0.3, -0.25) is 4.79 Å². The van der Waals surface area contributed by atoms with Gasteiger partial charge < -0.3 is 24.3 Å². The molecule has 6 heteroatoms. The third kappa shape index (κ3) is 17.3. The second-order valence-electron chi connectivity index (χ2n) is 4.64. The van der Waals surface area contributed by atoms with E-state index in [1.807, 2.05) is 0 Å². The Bertz CT molecular complexity index is 226. The lowest BCUT2D eigenvalue weighted by Gasteiger charge is -2.07. The molecule has 1 amide bonds. The highest BCUT2D eigenvalue weighted by Gasteiger charge is 1.99. The first-order chi connectivity index (χ1) is 10.3. The summed E-state index contributed by atoms with van der Waals surface area (Å²) in [5.41, 5.74) is 0. The minimum Gasteiger partial charge on any atom is -0.382 e. The van der Waals surface area contributed by atoms with Crippen LogP contribution in [0.4, 0.5) is 0 Å². The smallest absolute Gasteiger partial charge is 0.220 e. The number of carbonyl (C=O) groups excluding carboxylic acids is 1. The lowest BCUT2D eigenvalue weighted by molar-refractivity contribution is -0.121. The van der Waals surface area contributed by atoms with Crippen molar-refractivity contribution in [1.29, 1.82) is 0 Å². The molecule has 0 aromatic heterocycles. The van der Waals surface area contributed by atoms with Gasteiger partial charge in [-0.2, -0.15) is 0 Å². The Hall–Kier alpha value is -0.690. The number of hydrogen-bond acceptors (Lipinski definition) is 5. The Balaban J connectivity index is 3.06. The van der Waals surface area contributed by atoms with Crippen LogP contribution in [0.1, 0.15) is 32.6 Å². The molecule has 0 radical (unpaired) electrons. The molecule has 0 rings (SSSR count). The van der Waals surface area contributed by atoms with E-state index in [1.54, 1.807) is 7.11 Å². The van der Waals surface area contributed by atoms with Crippen molar-refractivity contribution < 1.29 is 23.7 Å². The van der Waals surface area contributed by atoms with Crippen LogP contribution in [-0.4, -0.2) is 65.8 Å². The maximum atomic E-state index is 11.4. The normalized spacial score (nSPS) is 10.8. The predicted molar refractivity (Wildman–Crippen MR) is 81.5 cm³/mol. The minimum atomic E-state index is 0.108. The van der Waals surface area contributed by atoms with Crippen molar-refractivity contribution in [1.82, 2.24) is 5.32 Å². The molecule has 0 aliphatic carbocycles. The highest BCUT2D eigenvalue weighted by atomic mass is 16.6. The number of rotatable bonds is 16. The van der Waals surface area contributed by atoms with Crippen LogP contribution in [0.2, 0.25) is 0 Å². The number of methoxy groups -OCH3 is 1. The fourth-order valence-corrected chi connectivity index (χ4v) is 1.57. The van der Waals surface area contributed by atoms with Gasteiger partial charge in [-0.05, 0) is 6.42 Å². The zero-order valence-corrected chi connectivity index (χ0v) is 13.5. The molecule has 0 atom stereocenters. The molecule has 21 heavy (non-hydrogen) atoms. The Morgan fingerprint density at radius 1 is 0.857 bits per heavy atom. The number of hydrogen-bond donors (Lipinski definition) is 1. The first-order valence-corrected chi connectivity index (χ1v) is 7.80. The van der Waals surface area contributed by atoms with Crippen molar-refractivity contribution in [2.45, 2.75) is 32.6 Å². The van der Waals surface area contributed by atoms with Gasteiger partial charge >= 0.3 is 0 Å². The number of unbranched alkanes of at least 4 members (excludes halogenated alkanes) is 2. The summed E-state index contributed by atoms with van der Waals surface area (Å²) in [4.78, 5) is 11.4. The maximum absolute atomic E-state index is 11.4. The number of nitrogens with one attached hydrogen (secondary N) is 1. The minimum absolute atomic E-state index is 0.108. The molecule has 1 N–H and O–H groups in total. The summed E-state index contributed by atoms with van der Waals surface area (Å²) in [5, 5.41) is 2.84. The van der Waals surface area contributed by atoms with Crippen LogP contribution < -0.4 is 5.32 Å². The molecule has 0 saturated heterocycles. The van der Waals surface area contributed by atoms with Crippen LogP contribution in [0.25, 0.3) is 0 Å². The Morgan fingerprint density at radius 3 is 2.00 bits per heavy atom. The largest absolute Gasteiger partial charge is 0.382 e. The van der Waals surface area contributed by atoms with Crippen LogP contribution in [0, 0.1) is 0 Å². The molecular weight excluding hydrogens is 274 g/mol. The molecule has 0 aromatic rings. The SMILES string of the molecule is CCCCCC(=O)NCCOCCOCCOCCOC. The van der Waals surface area contributed by atoms with E-state index in [1.165, 1.54) is 0 Å². The molecule has 0 unspecified atom stereocenters. The van der Waals surface area contributed by atoms with E-state index in [9.17, 15) is 4.79 Å². The van der Waals surface area contributed by atoms with Gasteiger partial charge in [0.05, 0.1) is 46.2 Å². The van der Waals surface area contributed by atoms with Gasteiger partial charge in [0.25, 0.3) is 0 Å². The van der Waals surface area contributed by atoms with Gasteiger partial charge in [-0.25, -0.2) is 0 Å². The van der Waals surface area contributed by atoms with E-state index < -0.39 is 0 Å². The van der Waals surface area contributed by atoms with E-state index in [2.05, 4.69) is 12.2 Å². The first-order valence-electron chi connectivity index (χ1n) is 7.80. The van der Waals surface area contributed by atoms with Gasteiger partial charge in [-0.15, -0.1) is 0 Å². The number of amides is 1. The predicted octanol–water partition coefficient (Wildman–Crippen LogP) is 1.38. The Kier molecular flexibility index (Phi) is 16.8. The van der Waals surface area contributed by atoms with E-state index in [-0.39, 0.29) is 5.91 Å². The van der Waals surface area contributed by atoms with Crippen molar-refractivity contribution >= 4 is 5.91 Å². The summed E-state index contributed by atoms with van der Waals surface area (Å²) in [7, 11) is 1.64. The number of carbonyl (C=O) groups is 1. The molecule has 0 heterocycles. The summed E-state index contributed by atoms with van der Waals surface area (Å²) in [6.07, 6.45) is 3.81. The van der Waals surface area contributed by atoms with Gasteiger partial charge in [0.15, 0.2) is 0 Å². The monoisotopic (exact) mass is 305 g/mol. The van der Waals surface area contributed by atoms with Crippen molar-refractivity contribution in [3.05, 3.63) is 0 Å². The third-order valence-electron chi connectivity index (χ3n) is 2.75. The molecule has 0 aromatic carbocycles. The van der Waals surface area contributed by atoms with Crippen LogP contribution >= 0.6 is 0 Å².